The van der Waals surface area contributed by atoms with Crippen LogP contribution >= 0.6 is 0 Å². The molecule has 3 aromatic heterocycles. The summed E-state index contributed by atoms with van der Waals surface area (Å²) in [5.74, 6) is 0.269. The van der Waals surface area contributed by atoms with Gasteiger partial charge in [0.15, 0.2) is 0 Å². The minimum Gasteiger partial charge on any atom is -0.490 e. The first kappa shape index (κ1) is 22.2. The third kappa shape index (κ3) is 3.84. The van der Waals surface area contributed by atoms with Gasteiger partial charge >= 0.3 is 5.97 Å². The van der Waals surface area contributed by atoms with E-state index < -0.39 is 5.97 Å². The van der Waals surface area contributed by atoms with E-state index in [4.69, 9.17) is 19.0 Å². The number of carboxylic acid groups (broad SMARTS) is 1. The maximum Gasteiger partial charge on any atom is 0.335 e. The zero-order valence-electron chi connectivity index (χ0n) is 19.7. The Hall–Kier alpha value is -3.65. The van der Waals surface area contributed by atoms with Gasteiger partial charge in [-0.15, -0.1) is 0 Å². The van der Waals surface area contributed by atoms with Crippen LogP contribution in [0, 0.1) is 13.8 Å². The summed E-state index contributed by atoms with van der Waals surface area (Å²) in [4.78, 5) is 16.5. The number of hydrogen-bond donors (Lipinski definition) is 1. The summed E-state index contributed by atoms with van der Waals surface area (Å²) in [6.07, 6.45) is 4.72. The molecule has 8 nitrogen and oxygen atoms in total. The zero-order chi connectivity index (χ0) is 24.0. The van der Waals surface area contributed by atoms with Gasteiger partial charge in [0, 0.05) is 46.6 Å². The molecule has 8 heteroatoms. The molecule has 1 fully saturated rings. The van der Waals surface area contributed by atoms with Crippen LogP contribution in [0.4, 0.5) is 0 Å². The second-order valence-corrected chi connectivity index (χ2v) is 8.94. The summed E-state index contributed by atoms with van der Waals surface area (Å²) in [5, 5.41) is 14.6. The Labute approximate surface area is 197 Å². The van der Waals surface area contributed by atoms with Crippen LogP contribution in [0.15, 0.2) is 41.2 Å². The largest absolute Gasteiger partial charge is 0.490 e. The van der Waals surface area contributed by atoms with Crippen LogP contribution in [0.3, 0.4) is 0 Å². The Balaban J connectivity index is 1.76. The van der Waals surface area contributed by atoms with Gasteiger partial charge in [-0.2, -0.15) is 0 Å². The van der Waals surface area contributed by atoms with E-state index in [0.29, 0.717) is 19.0 Å². The second kappa shape index (κ2) is 8.61. The van der Waals surface area contributed by atoms with Crippen molar-refractivity contribution >= 4 is 17.0 Å². The lowest BCUT2D eigenvalue weighted by molar-refractivity contribution is 0.0696. The maximum atomic E-state index is 11.6. The van der Waals surface area contributed by atoms with Crippen molar-refractivity contribution in [2.24, 2.45) is 0 Å². The number of carboxylic acids is 1. The minimum absolute atomic E-state index is 0.115. The fourth-order valence-electron chi connectivity index (χ4n) is 4.63. The Morgan fingerprint density at radius 2 is 2.06 bits per heavy atom. The minimum atomic E-state index is -0.993. The van der Waals surface area contributed by atoms with Crippen LogP contribution < -0.4 is 4.74 Å². The molecule has 4 aromatic rings. The van der Waals surface area contributed by atoms with E-state index in [9.17, 15) is 9.90 Å². The molecular weight excluding hydrogens is 434 g/mol. The smallest absolute Gasteiger partial charge is 0.335 e. The van der Waals surface area contributed by atoms with Crippen LogP contribution in [0.25, 0.3) is 33.3 Å². The fourth-order valence-corrected chi connectivity index (χ4v) is 4.63. The molecule has 176 valence electrons. The summed E-state index contributed by atoms with van der Waals surface area (Å²) in [5.41, 5.74) is 5.42. The summed E-state index contributed by atoms with van der Waals surface area (Å²) >= 11 is 0. The molecule has 0 spiro atoms. The molecule has 1 aliphatic heterocycles. The van der Waals surface area contributed by atoms with Crippen LogP contribution in [0.2, 0.25) is 0 Å². The fraction of sp³-hybridized carbons (Fsp3) is 0.346. The first-order chi connectivity index (χ1) is 16.3. The monoisotopic (exact) mass is 461 g/mol. The van der Waals surface area contributed by atoms with Crippen molar-refractivity contribution in [2.75, 3.05) is 13.2 Å². The van der Waals surface area contributed by atoms with E-state index in [1.54, 1.807) is 12.1 Å². The zero-order valence-corrected chi connectivity index (χ0v) is 19.7. The Morgan fingerprint density at radius 3 is 2.71 bits per heavy atom. The molecule has 34 heavy (non-hydrogen) atoms. The summed E-state index contributed by atoms with van der Waals surface area (Å²) in [6.45, 7) is 8.99. The predicted molar refractivity (Wildman–Crippen MR) is 127 cm³/mol. The Bertz CT molecular complexity index is 1360. The van der Waals surface area contributed by atoms with Gasteiger partial charge in [0.1, 0.15) is 17.2 Å². The van der Waals surface area contributed by atoms with Crippen molar-refractivity contribution in [3.05, 3.63) is 53.7 Å². The number of hydrogen-bond acceptors (Lipinski definition) is 6. The number of rotatable bonds is 6. The Morgan fingerprint density at radius 1 is 1.24 bits per heavy atom. The molecule has 1 unspecified atom stereocenters. The van der Waals surface area contributed by atoms with Crippen LogP contribution in [0.1, 0.15) is 48.1 Å². The maximum absolute atomic E-state index is 11.6. The number of aromatic carboxylic acids is 1. The number of nitrogens with zero attached hydrogens (tertiary/aromatic N) is 3. The lowest BCUT2D eigenvalue weighted by Gasteiger charge is -2.15. The summed E-state index contributed by atoms with van der Waals surface area (Å²) in [6, 6.07) is 7.29. The highest BCUT2D eigenvalue weighted by molar-refractivity contribution is 5.99. The first-order valence-electron chi connectivity index (χ1n) is 11.4. The summed E-state index contributed by atoms with van der Waals surface area (Å²) < 4.78 is 19.3. The molecule has 0 bridgehead atoms. The van der Waals surface area contributed by atoms with Crippen molar-refractivity contribution in [1.82, 2.24) is 14.7 Å². The second-order valence-electron chi connectivity index (χ2n) is 8.94. The highest BCUT2D eigenvalue weighted by Crippen LogP contribution is 2.40. The number of aryl methyl sites for hydroxylation is 2. The van der Waals surface area contributed by atoms with Crippen LogP contribution in [-0.4, -0.2) is 45.1 Å². The third-order valence-corrected chi connectivity index (χ3v) is 6.17. The predicted octanol–water partition coefficient (Wildman–Crippen LogP) is 5.42. The van der Waals surface area contributed by atoms with Gasteiger partial charge in [0.2, 0.25) is 0 Å². The first-order valence-corrected chi connectivity index (χ1v) is 11.4. The molecule has 1 atom stereocenters. The molecule has 0 saturated carbocycles. The number of fused-ring (bicyclic) bond motifs is 1. The van der Waals surface area contributed by atoms with E-state index in [0.717, 1.165) is 51.2 Å². The van der Waals surface area contributed by atoms with E-state index in [1.165, 1.54) is 0 Å². The average molecular weight is 462 g/mol. The molecule has 1 saturated heterocycles. The van der Waals surface area contributed by atoms with Crippen LogP contribution in [0.5, 0.6) is 5.75 Å². The van der Waals surface area contributed by atoms with Gasteiger partial charge in [-0.25, -0.2) is 9.78 Å². The van der Waals surface area contributed by atoms with E-state index in [2.05, 4.69) is 22.0 Å². The van der Waals surface area contributed by atoms with Crippen molar-refractivity contribution in [3.8, 4) is 28.0 Å². The van der Waals surface area contributed by atoms with Crippen molar-refractivity contribution in [3.63, 3.8) is 0 Å². The molecule has 1 N–H and O–H groups in total. The highest BCUT2D eigenvalue weighted by Gasteiger charge is 2.25. The third-order valence-electron chi connectivity index (χ3n) is 6.17. The normalized spacial score (nSPS) is 16.0. The molecule has 0 amide bonds. The lowest BCUT2D eigenvalue weighted by atomic mass is 10.00. The van der Waals surface area contributed by atoms with E-state index in [1.807, 2.05) is 40.0 Å². The molecular formula is C26H27N3O5. The van der Waals surface area contributed by atoms with Gasteiger partial charge in [-0.05, 0) is 58.4 Å². The van der Waals surface area contributed by atoms with Gasteiger partial charge < -0.3 is 23.7 Å². The van der Waals surface area contributed by atoms with Crippen molar-refractivity contribution in [1.29, 1.82) is 0 Å². The number of benzene rings is 1. The van der Waals surface area contributed by atoms with Crippen molar-refractivity contribution in [2.45, 2.75) is 46.3 Å². The number of carbonyl (C=O) groups is 1. The van der Waals surface area contributed by atoms with Gasteiger partial charge in [0.25, 0.3) is 0 Å². The van der Waals surface area contributed by atoms with Gasteiger partial charge in [-0.1, -0.05) is 5.16 Å². The highest BCUT2D eigenvalue weighted by atomic mass is 16.5. The van der Waals surface area contributed by atoms with Crippen LogP contribution in [-0.2, 0) is 4.74 Å². The molecule has 1 aliphatic rings. The Kier molecular flexibility index (Phi) is 5.61. The van der Waals surface area contributed by atoms with E-state index >= 15 is 0 Å². The SMILES string of the molecule is Cc1noc(C)c1-c1cnc2c(c1)c(-c1ccc(C(=O)O)cc1OC(C)C)cn2C1CCOC1. The van der Waals surface area contributed by atoms with Crippen molar-refractivity contribution < 1.29 is 23.9 Å². The molecule has 1 aromatic carbocycles. The summed E-state index contributed by atoms with van der Waals surface area (Å²) in [7, 11) is 0. The lowest BCUT2D eigenvalue weighted by Crippen LogP contribution is -2.08. The average Bonchev–Trinajstić information content (AvgIpc) is 3.52. The van der Waals surface area contributed by atoms with E-state index in [-0.39, 0.29) is 17.7 Å². The molecule has 0 radical (unpaired) electrons. The van der Waals surface area contributed by atoms with Gasteiger partial charge in [0.05, 0.1) is 30.0 Å². The topological polar surface area (TPSA) is 99.6 Å². The molecule has 4 heterocycles. The number of ether oxygens (including phenoxy) is 2. The standard InChI is InChI=1S/C26H27N3O5/c1-14(2)33-23-10-17(26(30)31)5-6-20(23)22-12-29(19-7-8-32-13-19)25-21(22)9-18(11-27-25)24-15(3)28-34-16(24)4/h5-6,9-12,14,19H,7-8,13H2,1-4H3,(H,30,31). The van der Waals surface area contributed by atoms with Gasteiger partial charge in [-0.3, -0.25) is 0 Å². The number of aromatic nitrogens is 3. The molecule has 0 aliphatic carbocycles. The molecule has 5 rings (SSSR count). The number of pyridine rings is 1. The quantitative estimate of drug-likeness (QED) is 0.409.